The van der Waals surface area contributed by atoms with Gasteiger partial charge in [0.15, 0.2) is 0 Å². The molecule has 1 heterocycles. The van der Waals surface area contributed by atoms with Crippen LogP contribution >= 0.6 is 0 Å². The molecule has 1 aliphatic heterocycles. The Hall–Kier alpha value is -0.0400. The van der Waals surface area contributed by atoms with Crippen LogP contribution < -0.4 is 0 Å². The fourth-order valence-corrected chi connectivity index (χ4v) is 2.49. The van der Waals surface area contributed by atoms with E-state index >= 15 is 0 Å². The molecular formula is C12H23N. The van der Waals surface area contributed by atoms with Gasteiger partial charge in [-0.15, -0.1) is 0 Å². The number of hydrogen-bond acceptors (Lipinski definition) is 1. The molecule has 0 aromatic heterocycles. The SMILES string of the molecule is CC1CCCN(CC2CC2C)CC1. The molecule has 0 spiro atoms. The summed E-state index contributed by atoms with van der Waals surface area (Å²) in [4.78, 5) is 2.71. The van der Waals surface area contributed by atoms with Gasteiger partial charge in [0.25, 0.3) is 0 Å². The van der Waals surface area contributed by atoms with Gasteiger partial charge in [-0.05, 0) is 56.5 Å². The topological polar surface area (TPSA) is 3.24 Å². The Morgan fingerprint density at radius 2 is 1.92 bits per heavy atom. The van der Waals surface area contributed by atoms with E-state index < -0.39 is 0 Å². The van der Waals surface area contributed by atoms with Crippen molar-refractivity contribution in [3.8, 4) is 0 Å². The molecular weight excluding hydrogens is 158 g/mol. The molecule has 1 aliphatic carbocycles. The van der Waals surface area contributed by atoms with Crippen molar-refractivity contribution in [2.45, 2.75) is 39.5 Å². The van der Waals surface area contributed by atoms with E-state index in [0.29, 0.717) is 0 Å². The Morgan fingerprint density at radius 1 is 1.15 bits per heavy atom. The third-order valence-electron chi connectivity index (χ3n) is 3.88. The average Bonchev–Trinajstić information content (AvgIpc) is 2.80. The van der Waals surface area contributed by atoms with Gasteiger partial charge in [0, 0.05) is 6.54 Å². The van der Waals surface area contributed by atoms with Gasteiger partial charge in [-0.25, -0.2) is 0 Å². The van der Waals surface area contributed by atoms with Crippen LogP contribution in [0, 0.1) is 17.8 Å². The fraction of sp³-hybridized carbons (Fsp3) is 1.00. The number of hydrogen-bond donors (Lipinski definition) is 0. The highest BCUT2D eigenvalue weighted by molar-refractivity contribution is 4.85. The Morgan fingerprint density at radius 3 is 2.62 bits per heavy atom. The van der Waals surface area contributed by atoms with Crippen molar-refractivity contribution in [2.75, 3.05) is 19.6 Å². The normalized spacial score (nSPS) is 41.5. The summed E-state index contributed by atoms with van der Waals surface area (Å²) in [5.41, 5.74) is 0. The largest absolute Gasteiger partial charge is 0.303 e. The van der Waals surface area contributed by atoms with Crippen LogP contribution in [0.15, 0.2) is 0 Å². The van der Waals surface area contributed by atoms with Crippen molar-refractivity contribution >= 4 is 0 Å². The molecule has 3 unspecified atom stereocenters. The number of nitrogens with zero attached hydrogens (tertiary/aromatic N) is 1. The van der Waals surface area contributed by atoms with Gasteiger partial charge >= 0.3 is 0 Å². The molecule has 1 nitrogen and oxygen atoms in total. The predicted molar refractivity (Wildman–Crippen MR) is 56.7 cm³/mol. The summed E-state index contributed by atoms with van der Waals surface area (Å²) in [5, 5.41) is 0. The average molecular weight is 181 g/mol. The maximum atomic E-state index is 2.71. The molecule has 0 bridgehead atoms. The molecule has 1 heteroatoms. The molecule has 2 aliphatic rings. The van der Waals surface area contributed by atoms with Crippen LogP contribution in [0.25, 0.3) is 0 Å². The van der Waals surface area contributed by atoms with Gasteiger partial charge in [-0.1, -0.05) is 13.8 Å². The van der Waals surface area contributed by atoms with Crippen LogP contribution in [-0.2, 0) is 0 Å². The van der Waals surface area contributed by atoms with Gasteiger partial charge < -0.3 is 4.90 Å². The molecule has 13 heavy (non-hydrogen) atoms. The van der Waals surface area contributed by atoms with Crippen LogP contribution in [0.5, 0.6) is 0 Å². The quantitative estimate of drug-likeness (QED) is 0.633. The van der Waals surface area contributed by atoms with E-state index in [1.54, 1.807) is 0 Å². The van der Waals surface area contributed by atoms with E-state index in [9.17, 15) is 0 Å². The van der Waals surface area contributed by atoms with Gasteiger partial charge in [-0.2, -0.15) is 0 Å². The van der Waals surface area contributed by atoms with Crippen LogP contribution in [0.2, 0.25) is 0 Å². The minimum Gasteiger partial charge on any atom is -0.303 e. The molecule has 2 rings (SSSR count). The number of rotatable bonds is 2. The zero-order valence-corrected chi connectivity index (χ0v) is 9.13. The van der Waals surface area contributed by atoms with E-state index in [-0.39, 0.29) is 0 Å². The maximum absolute atomic E-state index is 2.71. The standard InChI is InChI=1S/C12H23N/c1-10-4-3-6-13(7-5-10)9-12-8-11(12)2/h10-12H,3-9H2,1-2H3. The van der Waals surface area contributed by atoms with Crippen LogP contribution in [-0.4, -0.2) is 24.5 Å². The van der Waals surface area contributed by atoms with Crippen molar-refractivity contribution in [3.63, 3.8) is 0 Å². The van der Waals surface area contributed by atoms with E-state index in [4.69, 9.17) is 0 Å². The minimum absolute atomic E-state index is 0.974. The predicted octanol–water partition coefficient (Wildman–Crippen LogP) is 2.76. The van der Waals surface area contributed by atoms with Crippen molar-refractivity contribution in [1.82, 2.24) is 4.90 Å². The molecule has 2 fully saturated rings. The summed E-state index contributed by atoms with van der Waals surface area (Å²) < 4.78 is 0. The molecule has 76 valence electrons. The molecule has 1 saturated heterocycles. The van der Waals surface area contributed by atoms with Gasteiger partial charge in [0.1, 0.15) is 0 Å². The molecule has 0 radical (unpaired) electrons. The fourth-order valence-electron chi connectivity index (χ4n) is 2.49. The highest BCUT2D eigenvalue weighted by atomic mass is 15.1. The molecule has 0 aromatic carbocycles. The van der Waals surface area contributed by atoms with E-state index in [2.05, 4.69) is 18.7 Å². The third kappa shape index (κ3) is 2.70. The van der Waals surface area contributed by atoms with Crippen LogP contribution in [0.3, 0.4) is 0 Å². The monoisotopic (exact) mass is 181 g/mol. The zero-order chi connectivity index (χ0) is 9.26. The van der Waals surface area contributed by atoms with Crippen molar-refractivity contribution < 1.29 is 0 Å². The van der Waals surface area contributed by atoms with E-state index in [1.165, 1.54) is 45.3 Å². The van der Waals surface area contributed by atoms with Crippen molar-refractivity contribution in [2.24, 2.45) is 17.8 Å². The Kier molecular flexibility index (Phi) is 2.92. The minimum atomic E-state index is 0.974. The van der Waals surface area contributed by atoms with Crippen molar-refractivity contribution in [3.05, 3.63) is 0 Å². The lowest BCUT2D eigenvalue weighted by atomic mass is 10.0. The molecule has 0 aromatic rings. The lowest BCUT2D eigenvalue weighted by Crippen LogP contribution is -2.27. The summed E-state index contributed by atoms with van der Waals surface area (Å²) in [6.45, 7) is 8.93. The summed E-state index contributed by atoms with van der Waals surface area (Å²) in [6.07, 6.45) is 5.81. The third-order valence-corrected chi connectivity index (χ3v) is 3.88. The lowest BCUT2D eigenvalue weighted by molar-refractivity contribution is 0.266. The Balaban J connectivity index is 1.72. The first-order valence-electron chi connectivity index (χ1n) is 5.98. The first-order valence-corrected chi connectivity index (χ1v) is 5.98. The van der Waals surface area contributed by atoms with Gasteiger partial charge in [0.05, 0.1) is 0 Å². The molecule has 1 saturated carbocycles. The van der Waals surface area contributed by atoms with Gasteiger partial charge in [-0.3, -0.25) is 0 Å². The highest BCUT2D eigenvalue weighted by Gasteiger charge is 2.33. The first kappa shape index (κ1) is 9.51. The summed E-state index contributed by atoms with van der Waals surface area (Å²) in [6, 6.07) is 0. The zero-order valence-electron chi connectivity index (χ0n) is 9.13. The second kappa shape index (κ2) is 4.00. The van der Waals surface area contributed by atoms with Gasteiger partial charge in [0.2, 0.25) is 0 Å². The summed E-state index contributed by atoms with van der Waals surface area (Å²) in [7, 11) is 0. The Bertz CT molecular complexity index is 167. The van der Waals surface area contributed by atoms with Crippen LogP contribution in [0.4, 0.5) is 0 Å². The van der Waals surface area contributed by atoms with E-state index in [1.807, 2.05) is 0 Å². The highest BCUT2D eigenvalue weighted by Crippen LogP contribution is 2.38. The smallest absolute Gasteiger partial charge is 0.00123 e. The number of likely N-dealkylation sites (tertiary alicyclic amines) is 1. The second-order valence-electron chi connectivity index (χ2n) is 5.31. The first-order chi connectivity index (χ1) is 6.25. The summed E-state index contributed by atoms with van der Waals surface area (Å²) >= 11 is 0. The molecule has 3 atom stereocenters. The molecule has 0 N–H and O–H groups in total. The second-order valence-corrected chi connectivity index (χ2v) is 5.31. The van der Waals surface area contributed by atoms with Crippen LogP contribution in [0.1, 0.15) is 39.5 Å². The summed E-state index contributed by atoms with van der Waals surface area (Å²) in [5.74, 6) is 3.05. The van der Waals surface area contributed by atoms with E-state index in [0.717, 1.165) is 17.8 Å². The lowest BCUT2D eigenvalue weighted by Gasteiger charge is -2.19. The molecule has 0 amide bonds. The van der Waals surface area contributed by atoms with Crippen molar-refractivity contribution in [1.29, 1.82) is 0 Å². The Labute approximate surface area is 82.5 Å². The maximum Gasteiger partial charge on any atom is 0.00123 e.